The number of hydrogen-bond acceptors (Lipinski definition) is 5. The van der Waals surface area contributed by atoms with E-state index in [4.69, 9.17) is 4.74 Å². The second kappa shape index (κ2) is 9.31. The van der Waals surface area contributed by atoms with E-state index in [2.05, 4.69) is 5.32 Å². The predicted molar refractivity (Wildman–Crippen MR) is 96.1 cm³/mol. The van der Waals surface area contributed by atoms with Crippen LogP contribution >= 0.6 is 0 Å². The van der Waals surface area contributed by atoms with Crippen LogP contribution in [0.5, 0.6) is 5.75 Å². The number of hydrogen-bond donors (Lipinski definition) is 1. The van der Waals surface area contributed by atoms with E-state index in [1.165, 1.54) is 18.2 Å². The molecule has 0 spiro atoms. The fraction of sp³-hybridized carbons (Fsp3) is 0.263. The maximum absolute atomic E-state index is 11.9. The van der Waals surface area contributed by atoms with E-state index >= 15 is 0 Å². The molecule has 0 aliphatic heterocycles. The highest BCUT2D eigenvalue weighted by atomic mass is 16.6. The normalized spacial score (nSPS) is 11.4. The summed E-state index contributed by atoms with van der Waals surface area (Å²) in [4.78, 5) is 33.1. The molecule has 0 aliphatic rings. The molecule has 0 bridgehead atoms. The molecule has 2 rings (SSSR count). The van der Waals surface area contributed by atoms with Crippen molar-refractivity contribution in [1.82, 2.24) is 5.32 Å². The second-order valence-electron chi connectivity index (χ2n) is 5.83. The lowest BCUT2D eigenvalue weighted by atomic mass is 10.1. The van der Waals surface area contributed by atoms with Gasteiger partial charge in [-0.05, 0) is 31.0 Å². The van der Waals surface area contributed by atoms with Crippen molar-refractivity contribution in [3.8, 4) is 5.75 Å². The summed E-state index contributed by atoms with van der Waals surface area (Å²) in [5.41, 5.74) is 0.720. The molecule has 26 heavy (non-hydrogen) atoms. The summed E-state index contributed by atoms with van der Waals surface area (Å²) in [6.45, 7) is 2.27. The van der Waals surface area contributed by atoms with Gasteiger partial charge in [0, 0.05) is 19.0 Å². The third-order valence-corrected chi connectivity index (χ3v) is 3.77. The molecule has 1 N–H and O–H groups in total. The van der Waals surface area contributed by atoms with Gasteiger partial charge in [-0.15, -0.1) is 0 Å². The van der Waals surface area contributed by atoms with Crippen LogP contribution in [0.1, 0.15) is 35.7 Å². The minimum Gasteiger partial charge on any atom is -0.491 e. The number of ether oxygens (including phenoxy) is 1. The first-order valence-corrected chi connectivity index (χ1v) is 8.20. The molecule has 7 heteroatoms. The van der Waals surface area contributed by atoms with Crippen molar-refractivity contribution in [3.63, 3.8) is 0 Å². The Morgan fingerprint density at radius 2 is 2.00 bits per heavy atom. The number of nitro groups is 1. The molecule has 7 nitrogen and oxygen atoms in total. The molecule has 0 aromatic heterocycles. The minimum atomic E-state index is -0.617. The zero-order valence-electron chi connectivity index (χ0n) is 14.4. The van der Waals surface area contributed by atoms with Crippen LogP contribution < -0.4 is 10.1 Å². The molecule has 0 saturated heterocycles. The van der Waals surface area contributed by atoms with Crippen molar-refractivity contribution in [2.75, 3.05) is 0 Å². The Morgan fingerprint density at radius 1 is 1.27 bits per heavy atom. The summed E-state index contributed by atoms with van der Waals surface area (Å²) in [5, 5.41) is 13.7. The lowest BCUT2D eigenvalue weighted by Crippen LogP contribution is -2.24. The lowest BCUT2D eigenvalue weighted by molar-refractivity contribution is -0.385. The van der Waals surface area contributed by atoms with Crippen LogP contribution in [-0.4, -0.2) is 23.2 Å². The molecule has 0 fully saturated rings. The number of carbonyl (C=O) groups is 2. The van der Waals surface area contributed by atoms with Gasteiger partial charge < -0.3 is 10.1 Å². The van der Waals surface area contributed by atoms with Crippen molar-refractivity contribution in [2.45, 2.75) is 32.4 Å². The maximum atomic E-state index is 11.9. The summed E-state index contributed by atoms with van der Waals surface area (Å²) in [6.07, 6.45) is 0.917. The van der Waals surface area contributed by atoms with E-state index < -0.39 is 4.92 Å². The van der Waals surface area contributed by atoms with Crippen molar-refractivity contribution in [3.05, 3.63) is 69.8 Å². The second-order valence-corrected chi connectivity index (χ2v) is 5.83. The number of nitrogens with one attached hydrogen (secondary N) is 1. The van der Waals surface area contributed by atoms with Gasteiger partial charge in [0.25, 0.3) is 5.69 Å². The average Bonchev–Trinajstić information content (AvgIpc) is 2.65. The molecule has 1 amide bonds. The Labute approximate surface area is 151 Å². The number of amides is 1. The molecule has 136 valence electrons. The molecule has 2 aromatic rings. The van der Waals surface area contributed by atoms with Crippen LogP contribution in [0.25, 0.3) is 0 Å². The van der Waals surface area contributed by atoms with Gasteiger partial charge in [-0.1, -0.05) is 30.3 Å². The summed E-state index contributed by atoms with van der Waals surface area (Å²) < 4.78 is 5.64. The molecule has 0 saturated carbocycles. The Morgan fingerprint density at radius 3 is 2.65 bits per heavy atom. The third-order valence-electron chi connectivity index (χ3n) is 3.77. The molecular formula is C19H20N2O5. The Bertz CT molecular complexity index is 777. The van der Waals surface area contributed by atoms with E-state index in [0.717, 1.165) is 5.56 Å². The summed E-state index contributed by atoms with van der Waals surface area (Å²) in [5.74, 6) is 0.275. The van der Waals surface area contributed by atoms with Crippen molar-refractivity contribution in [1.29, 1.82) is 0 Å². The summed E-state index contributed by atoms with van der Waals surface area (Å²) >= 11 is 0. The standard InChI is InChI=1S/C19H20N2O5/c1-14(7-10-19(23)20-12-15-5-3-2-4-6-15)26-17-8-9-18(21(24)25)16(11-17)13-22/h2-6,8-9,11,13-14H,7,10,12H2,1H3,(H,20,23). The van der Waals surface area contributed by atoms with E-state index in [0.29, 0.717) is 31.4 Å². The average molecular weight is 356 g/mol. The fourth-order valence-electron chi connectivity index (χ4n) is 2.38. The number of nitro benzene ring substituents is 1. The summed E-state index contributed by atoms with van der Waals surface area (Å²) in [7, 11) is 0. The van der Waals surface area contributed by atoms with Gasteiger partial charge >= 0.3 is 0 Å². The van der Waals surface area contributed by atoms with Crippen molar-refractivity contribution < 1.29 is 19.2 Å². The highest BCUT2D eigenvalue weighted by molar-refractivity contribution is 5.82. The SMILES string of the molecule is CC(CCC(=O)NCc1ccccc1)Oc1ccc([N+](=O)[O-])c(C=O)c1. The van der Waals surface area contributed by atoms with E-state index in [1.54, 1.807) is 6.92 Å². The zero-order valence-corrected chi connectivity index (χ0v) is 14.4. The van der Waals surface area contributed by atoms with Crippen LogP contribution in [0.3, 0.4) is 0 Å². The topological polar surface area (TPSA) is 98.5 Å². The van der Waals surface area contributed by atoms with Gasteiger partial charge in [-0.2, -0.15) is 0 Å². The largest absolute Gasteiger partial charge is 0.491 e. The highest BCUT2D eigenvalue weighted by Gasteiger charge is 2.15. The van der Waals surface area contributed by atoms with E-state index in [-0.39, 0.29) is 23.3 Å². The first kappa shape index (κ1) is 19.1. The molecule has 1 atom stereocenters. The molecule has 0 radical (unpaired) electrons. The Kier molecular flexibility index (Phi) is 6.84. The fourth-order valence-corrected chi connectivity index (χ4v) is 2.38. The monoisotopic (exact) mass is 356 g/mol. The smallest absolute Gasteiger partial charge is 0.280 e. The minimum absolute atomic E-state index is 0.0414. The van der Waals surface area contributed by atoms with Crippen LogP contribution in [-0.2, 0) is 11.3 Å². The third kappa shape index (κ3) is 5.70. The van der Waals surface area contributed by atoms with Gasteiger partial charge in [0.15, 0.2) is 6.29 Å². The van der Waals surface area contributed by atoms with Gasteiger partial charge in [-0.3, -0.25) is 19.7 Å². The van der Waals surface area contributed by atoms with Gasteiger partial charge in [-0.25, -0.2) is 0 Å². The first-order chi connectivity index (χ1) is 12.5. The molecule has 1 unspecified atom stereocenters. The number of aldehydes is 1. The molecular weight excluding hydrogens is 336 g/mol. The van der Waals surface area contributed by atoms with Gasteiger partial charge in [0.1, 0.15) is 5.75 Å². The van der Waals surface area contributed by atoms with E-state index in [9.17, 15) is 19.7 Å². The predicted octanol–water partition coefficient (Wildman–Crippen LogP) is 3.27. The van der Waals surface area contributed by atoms with Crippen LogP contribution in [0.15, 0.2) is 48.5 Å². The van der Waals surface area contributed by atoms with Crippen molar-refractivity contribution >= 4 is 17.9 Å². The molecule has 0 aliphatic carbocycles. The lowest BCUT2D eigenvalue weighted by Gasteiger charge is -2.15. The van der Waals surface area contributed by atoms with Gasteiger partial charge in [0.2, 0.25) is 5.91 Å². The van der Waals surface area contributed by atoms with Crippen LogP contribution in [0.4, 0.5) is 5.69 Å². The number of carbonyl (C=O) groups excluding carboxylic acids is 2. The van der Waals surface area contributed by atoms with Crippen LogP contribution in [0, 0.1) is 10.1 Å². The quantitative estimate of drug-likeness (QED) is 0.422. The maximum Gasteiger partial charge on any atom is 0.280 e. The Hall–Kier alpha value is -3.22. The molecule has 0 heterocycles. The molecule has 2 aromatic carbocycles. The number of rotatable bonds is 9. The zero-order chi connectivity index (χ0) is 18.9. The van der Waals surface area contributed by atoms with E-state index in [1.807, 2.05) is 30.3 Å². The summed E-state index contributed by atoms with van der Waals surface area (Å²) in [6, 6.07) is 13.6. The number of benzene rings is 2. The van der Waals surface area contributed by atoms with Gasteiger partial charge in [0.05, 0.1) is 16.6 Å². The van der Waals surface area contributed by atoms with Crippen LogP contribution in [0.2, 0.25) is 0 Å². The first-order valence-electron chi connectivity index (χ1n) is 8.20. The van der Waals surface area contributed by atoms with Crippen molar-refractivity contribution in [2.24, 2.45) is 0 Å². The number of nitrogens with zero attached hydrogens (tertiary/aromatic N) is 1. The highest BCUT2D eigenvalue weighted by Crippen LogP contribution is 2.23. The Balaban J connectivity index is 1.81.